The van der Waals surface area contributed by atoms with Crippen LogP contribution >= 0.6 is 11.8 Å². The molecule has 0 aliphatic carbocycles. The maximum absolute atomic E-state index is 13.9. The van der Waals surface area contributed by atoms with Gasteiger partial charge in [0.05, 0.1) is 0 Å². The van der Waals surface area contributed by atoms with Gasteiger partial charge < -0.3 is 5.32 Å². The van der Waals surface area contributed by atoms with Crippen molar-refractivity contribution in [3.63, 3.8) is 0 Å². The Morgan fingerprint density at radius 2 is 2.14 bits per heavy atom. The zero-order chi connectivity index (χ0) is 14.7. The first-order chi connectivity index (χ1) is 10.3. The second-order valence-corrected chi connectivity index (χ2v) is 7.31. The predicted octanol–water partition coefficient (Wildman–Crippen LogP) is 3.83. The third-order valence-corrected chi connectivity index (χ3v) is 5.86. The van der Waals surface area contributed by atoms with Gasteiger partial charge in [-0.05, 0) is 56.7 Å². The van der Waals surface area contributed by atoms with Crippen LogP contribution in [0.5, 0.6) is 0 Å². The molecule has 1 saturated heterocycles. The molecule has 0 amide bonds. The van der Waals surface area contributed by atoms with E-state index in [9.17, 15) is 4.39 Å². The van der Waals surface area contributed by atoms with Crippen LogP contribution in [0.1, 0.15) is 44.2 Å². The summed E-state index contributed by atoms with van der Waals surface area (Å²) < 4.78 is 13.9. The van der Waals surface area contributed by atoms with Gasteiger partial charge in [-0.1, -0.05) is 18.6 Å². The fourth-order valence-electron chi connectivity index (χ4n) is 3.40. The van der Waals surface area contributed by atoms with Crippen LogP contribution in [0.4, 0.5) is 4.39 Å². The van der Waals surface area contributed by atoms with Crippen LogP contribution in [0, 0.1) is 5.82 Å². The number of nitrogens with one attached hydrogen (secondary N) is 1. The Labute approximate surface area is 131 Å². The lowest BCUT2D eigenvalue weighted by atomic mass is 10.0. The minimum atomic E-state index is -0.0620. The van der Waals surface area contributed by atoms with Crippen LogP contribution in [0.3, 0.4) is 0 Å². The Morgan fingerprint density at radius 1 is 1.33 bits per heavy atom. The van der Waals surface area contributed by atoms with Gasteiger partial charge in [-0.25, -0.2) is 4.39 Å². The first-order valence-corrected chi connectivity index (χ1v) is 9.13. The summed E-state index contributed by atoms with van der Waals surface area (Å²) in [4.78, 5) is 3.44. The molecule has 2 atom stereocenters. The number of rotatable bonds is 4. The van der Waals surface area contributed by atoms with E-state index in [0.29, 0.717) is 12.1 Å². The largest absolute Gasteiger partial charge is 0.308 e. The monoisotopic (exact) mass is 308 g/mol. The number of benzene rings is 1. The number of halogens is 1. The zero-order valence-electron chi connectivity index (χ0n) is 12.8. The van der Waals surface area contributed by atoms with Gasteiger partial charge in [0.25, 0.3) is 0 Å². The van der Waals surface area contributed by atoms with Gasteiger partial charge in [-0.2, -0.15) is 0 Å². The topological polar surface area (TPSA) is 15.3 Å². The van der Waals surface area contributed by atoms with E-state index in [1.165, 1.54) is 32.4 Å². The number of nitrogens with zero attached hydrogens (tertiary/aromatic N) is 1. The summed E-state index contributed by atoms with van der Waals surface area (Å²) in [5.74, 6) is 0.942. The maximum atomic E-state index is 13.9. The molecule has 3 rings (SSSR count). The van der Waals surface area contributed by atoms with Crippen LogP contribution in [-0.2, 0) is 0 Å². The molecule has 0 aromatic heterocycles. The highest BCUT2D eigenvalue weighted by Crippen LogP contribution is 2.37. The SMILES string of the molecule is CC(CNC1CCSc2c(F)cccc21)N1CCCCC1. The van der Waals surface area contributed by atoms with Gasteiger partial charge in [-0.3, -0.25) is 4.90 Å². The van der Waals surface area contributed by atoms with Crippen LogP contribution < -0.4 is 5.32 Å². The third kappa shape index (κ3) is 3.61. The first kappa shape index (κ1) is 15.3. The van der Waals surface area contributed by atoms with E-state index < -0.39 is 0 Å². The van der Waals surface area contributed by atoms with E-state index in [1.54, 1.807) is 17.8 Å². The highest BCUT2D eigenvalue weighted by atomic mass is 32.2. The van der Waals surface area contributed by atoms with E-state index in [0.717, 1.165) is 29.2 Å². The molecule has 21 heavy (non-hydrogen) atoms. The third-order valence-electron chi connectivity index (χ3n) is 4.70. The molecule has 2 aliphatic rings. The van der Waals surface area contributed by atoms with Crippen molar-refractivity contribution in [3.05, 3.63) is 29.6 Å². The lowest BCUT2D eigenvalue weighted by molar-refractivity contribution is 0.167. The molecule has 1 N–H and O–H groups in total. The van der Waals surface area contributed by atoms with E-state index in [1.807, 2.05) is 6.07 Å². The van der Waals surface area contributed by atoms with Gasteiger partial charge in [0.2, 0.25) is 0 Å². The van der Waals surface area contributed by atoms with E-state index >= 15 is 0 Å². The van der Waals surface area contributed by atoms with Crippen molar-refractivity contribution < 1.29 is 4.39 Å². The summed E-state index contributed by atoms with van der Waals surface area (Å²) in [6.07, 6.45) is 5.13. The van der Waals surface area contributed by atoms with Crippen molar-refractivity contribution in [2.45, 2.75) is 49.6 Å². The van der Waals surface area contributed by atoms with E-state index in [4.69, 9.17) is 0 Å². The Morgan fingerprint density at radius 3 is 2.95 bits per heavy atom. The highest BCUT2D eigenvalue weighted by Gasteiger charge is 2.24. The minimum Gasteiger partial charge on any atom is -0.308 e. The minimum absolute atomic E-state index is 0.0620. The van der Waals surface area contributed by atoms with Crippen molar-refractivity contribution in [1.82, 2.24) is 10.2 Å². The number of fused-ring (bicyclic) bond motifs is 1. The van der Waals surface area contributed by atoms with Gasteiger partial charge in [0.1, 0.15) is 5.82 Å². The molecule has 2 nitrogen and oxygen atoms in total. The molecule has 2 aliphatic heterocycles. The average Bonchev–Trinajstić information content (AvgIpc) is 2.54. The summed E-state index contributed by atoms with van der Waals surface area (Å²) in [7, 11) is 0. The molecule has 1 fully saturated rings. The normalized spacial score (nSPS) is 24.6. The fourth-order valence-corrected chi connectivity index (χ4v) is 4.54. The second-order valence-electron chi connectivity index (χ2n) is 6.20. The molecular weight excluding hydrogens is 283 g/mol. The summed E-state index contributed by atoms with van der Waals surface area (Å²) in [6.45, 7) is 5.76. The van der Waals surface area contributed by atoms with Crippen molar-refractivity contribution in [3.8, 4) is 0 Å². The number of hydrogen-bond acceptors (Lipinski definition) is 3. The summed E-state index contributed by atoms with van der Waals surface area (Å²) >= 11 is 1.66. The van der Waals surface area contributed by atoms with Crippen molar-refractivity contribution in [1.29, 1.82) is 0 Å². The van der Waals surface area contributed by atoms with Crippen LogP contribution in [0.25, 0.3) is 0 Å². The van der Waals surface area contributed by atoms with Crippen molar-refractivity contribution in [2.75, 3.05) is 25.4 Å². The lowest BCUT2D eigenvalue weighted by Crippen LogP contribution is -2.44. The molecule has 2 unspecified atom stereocenters. The van der Waals surface area contributed by atoms with Crippen molar-refractivity contribution in [2.24, 2.45) is 0 Å². The van der Waals surface area contributed by atoms with Gasteiger partial charge in [-0.15, -0.1) is 11.8 Å². The molecule has 0 bridgehead atoms. The number of likely N-dealkylation sites (tertiary alicyclic amines) is 1. The Bertz CT molecular complexity index is 474. The molecule has 0 spiro atoms. The predicted molar refractivity (Wildman–Crippen MR) is 87.4 cm³/mol. The van der Waals surface area contributed by atoms with Crippen LogP contribution in [0.2, 0.25) is 0 Å². The smallest absolute Gasteiger partial charge is 0.137 e. The molecular formula is C17H25FN2S. The fraction of sp³-hybridized carbons (Fsp3) is 0.647. The first-order valence-electron chi connectivity index (χ1n) is 8.14. The Balaban J connectivity index is 1.60. The summed E-state index contributed by atoms with van der Waals surface area (Å²) in [5, 5.41) is 3.68. The van der Waals surface area contributed by atoms with Gasteiger partial charge in [0.15, 0.2) is 0 Å². The van der Waals surface area contributed by atoms with E-state index in [-0.39, 0.29) is 5.82 Å². The number of piperidine rings is 1. The molecule has 1 aromatic carbocycles. The lowest BCUT2D eigenvalue weighted by Gasteiger charge is -2.34. The average molecular weight is 308 g/mol. The summed E-state index contributed by atoms with van der Waals surface area (Å²) in [6, 6.07) is 6.36. The number of thioether (sulfide) groups is 1. The quantitative estimate of drug-likeness (QED) is 0.910. The van der Waals surface area contributed by atoms with Crippen LogP contribution in [-0.4, -0.2) is 36.3 Å². The highest BCUT2D eigenvalue weighted by molar-refractivity contribution is 7.99. The molecule has 0 radical (unpaired) electrons. The summed E-state index contributed by atoms with van der Waals surface area (Å²) in [5.41, 5.74) is 1.15. The molecule has 4 heteroatoms. The molecule has 2 heterocycles. The molecule has 1 aromatic rings. The second kappa shape index (κ2) is 7.12. The van der Waals surface area contributed by atoms with Crippen LogP contribution in [0.15, 0.2) is 23.1 Å². The zero-order valence-corrected chi connectivity index (χ0v) is 13.6. The number of hydrogen-bond donors (Lipinski definition) is 1. The Hall–Kier alpha value is -0.580. The maximum Gasteiger partial charge on any atom is 0.137 e. The standard InChI is InChI=1S/C17H25FN2S/c1-13(20-9-3-2-4-10-20)12-19-16-8-11-21-17-14(16)6-5-7-15(17)18/h5-7,13,16,19H,2-4,8-12H2,1H3. The van der Waals surface area contributed by atoms with Crippen molar-refractivity contribution >= 4 is 11.8 Å². The Kier molecular flexibility index (Phi) is 5.19. The van der Waals surface area contributed by atoms with E-state index in [2.05, 4.69) is 23.2 Å². The molecule has 116 valence electrons. The van der Waals surface area contributed by atoms with Gasteiger partial charge in [0, 0.05) is 23.5 Å². The molecule has 0 saturated carbocycles. The van der Waals surface area contributed by atoms with Gasteiger partial charge >= 0.3 is 0 Å².